The summed E-state index contributed by atoms with van der Waals surface area (Å²) in [5.74, 6) is 1.18. The number of nitrogens with zero attached hydrogens (tertiary/aromatic N) is 2. The molecular weight excluding hydrogens is 238 g/mol. The molecule has 1 N–H and O–H groups in total. The zero-order chi connectivity index (χ0) is 13.7. The Labute approximate surface area is 116 Å². The van der Waals surface area contributed by atoms with Crippen LogP contribution in [0.3, 0.4) is 0 Å². The van der Waals surface area contributed by atoms with Gasteiger partial charge in [0, 0.05) is 36.5 Å². The van der Waals surface area contributed by atoms with Crippen LogP contribution in [-0.4, -0.2) is 30.2 Å². The lowest BCUT2D eigenvalue weighted by Crippen LogP contribution is -2.27. The van der Waals surface area contributed by atoms with E-state index < -0.39 is 0 Å². The van der Waals surface area contributed by atoms with Crippen LogP contribution in [0.25, 0.3) is 0 Å². The first-order chi connectivity index (χ1) is 9.26. The minimum absolute atomic E-state index is 0.263. The Morgan fingerprint density at radius 3 is 3.11 bits per heavy atom. The van der Waals surface area contributed by atoms with Crippen molar-refractivity contribution in [3.05, 3.63) is 23.3 Å². The molecule has 1 aliphatic rings. The maximum absolute atomic E-state index is 5.18. The van der Waals surface area contributed by atoms with Crippen molar-refractivity contribution in [1.82, 2.24) is 15.3 Å². The van der Waals surface area contributed by atoms with E-state index in [1.807, 2.05) is 6.20 Å². The highest BCUT2D eigenvalue weighted by Gasteiger charge is 2.22. The summed E-state index contributed by atoms with van der Waals surface area (Å²) in [6, 6.07) is 0.440. The van der Waals surface area contributed by atoms with Crippen molar-refractivity contribution in [3.63, 3.8) is 0 Å². The first kappa shape index (κ1) is 14.4. The second kappa shape index (κ2) is 6.96. The Morgan fingerprint density at radius 1 is 1.53 bits per heavy atom. The average Bonchev–Trinajstić information content (AvgIpc) is 2.44. The average molecular weight is 263 g/mol. The first-order valence-corrected chi connectivity index (χ1v) is 7.34. The van der Waals surface area contributed by atoms with E-state index in [9.17, 15) is 0 Å². The van der Waals surface area contributed by atoms with Gasteiger partial charge in [0.2, 0.25) is 0 Å². The zero-order valence-electron chi connectivity index (χ0n) is 12.3. The summed E-state index contributed by atoms with van der Waals surface area (Å²) < 4.78 is 5.18. The molecule has 0 spiro atoms. The third-order valence-corrected chi connectivity index (χ3v) is 3.70. The molecule has 2 atom stereocenters. The molecule has 0 saturated heterocycles. The molecule has 1 aliphatic carbocycles. The number of fused-ring (bicyclic) bond motifs is 1. The van der Waals surface area contributed by atoms with E-state index in [-0.39, 0.29) is 5.92 Å². The Bertz CT molecular complexity index is 408. The number of ether oxygens (including phenoxy) is 1. The number of hydrogen-bond acceptors (Lipinski definition) is 4. The summed E-state index contributed by atoms with van der Waals surface area (Å²) in [6.07, 6.45) is 6.67. The van der Waals surface area contributed by atoms with Crippen LogP contribution in [0.1, 0.15) is 62.2 Å². The van der Waals surface area contributed by atoms with Gasteiger partial charge in [0.15, 0.2) is 0 Å². The molecule has 1 aromatic rings. The van der Waals surface area contributed by atoms with Gasteiger partial charge in [0.1, 0.15) is 5.82 Å². The van der Waals surface area contributed by atoms with Gasteiger partial charge in [-0.3, -0.25) is 0 Å². The van der Waals surface area contributed by atoms with Crippen LogP contribution in [0.15, 0.2) is 6.20 Å². The van der Waals surface area contributed by atoms with Crippen LogP contribution in [-0.2, 0) is 11.2 Å². The number of aryl methyl sites for hydroxylation is 1. The van der Waals surface area contributed by atoms with Gasteiger partial charge in [-0.25, -0.2) is 9.97 Å². The molecule has 0 aliphatic heterocycles. The van der Waals surface area contributed by atoms with Gasteiger partial charge in [-0.05, 0) is 32.2 Å². The summed E-state index contributed by atoms with van der Waals surface area (Å²) in [5.41, 5.74) is 2.53. The van der Waals surface area contributed by atoms with Gasteiger partial charge >= 0.3 is 0 Å². The molecular formula is C15H25N3O. The summed E-state index contributed by atoms with van der Waals surface area (Å²) in [5, 5.41) is 3.60. The van der Waals surface area contributed by atoms with Gasteiger partial charge < -0.3 is 10.1 Å². The number of nitrogens with one attached hydrogen (secondary N) is 1. The van der Waals surface area contributed by atoms with Crippen molar-refractivity contribution >= 4 is 0 Å². The molecule has 0 saturated carbocycles. The largest absolute Gasteiger partial charge is 0.384 e. The van der Waals surface area contributed by atoms with Crippen molar-refractivity contribution < 1.29 is 4.74 Å². The van der Waals surface area contributed by atoms with Crippen molar-refractivity contribution in [2.45, 2.75) is 51.5 Å². The first-order valence-electron chi connectivity index (χ1n) is 7.34. The van der Waals surface area contributed by atoms with Crippen molar-refractivity contribution in [2.75, 3.05) is 20.3 Å². The van der Waals surface area contributed by atoms with E-state index >= 15 is 0 Å². The maximum Gasteiger partial charge on any atom is 0.133 e. The predicted octanol–water partition coefficient (Wildman–Crippen LogP) is 2.60. The zero-order valence-corrected chi connectivity index (χ0v) is 12.3. The fourth-order valence-corrected chi connectivity index (χ4v) is 2.65. The molecule has 0 radical (unpaired) electrons. The van der Waals surface area contributed by atoms with Gasteiger partial charge in [-0.15, -0.1) is 0 Å². The lowest BCUT2D eigenvalue weighted by Gasteiger charge is -2.26. The molecule has 2 unspecified atom stereocenters. The van der Waals surface area contributed by atoms with Crippen LogP contribution in [0.2, 0.25) is 0 Å². The standard InChI is InChI=1S/C15H25N3O/c1-4-8-16-13-6-5-7-14-12(13)9-17-15(18-14)11(2)10-19-3/h9,11,13,16H,4-8,10H2,1-3H3. The van der Waals surface area contributed by atoms with E-state index in [1.54, 1.807) is 7.11 Å². The fraction of sp³-hybridized carbons (Fsp3) is 0.733. The summed E-state index contributed by atoms with van der Waals surface area (Å²) in [4.78, 5) is 9.30. The van der Waals surface area contributed by atoms with Crippen molar-refractivity contribution in [2.24, 2.45) is 0 Å². The van der Waals surface area contributed by atoms with Crippen LogP contribution in [0.5, 0.6) is 0 Å². The van der Waals surface area contributed by atoms with Crippen LogP contribution < -0.4 is 5.32 Å². The Hall–Kier alpha value is -1.00. The molecule has 19 heavy (non-hydrogen) atoms. The SMILES string of the molecule is CCCNC1CCCc2nc(C(C)COC)ncc21. The number of hydrogen-bond donors (Lipinski definition) is 1. The highest BCUT2D eigenvalue weighted by molar-refractivity contribution is 5.25. The summed E-state index contributed by atoms with van der Waals surface area (Å²) in [6.45, 7) is 6.05. The highest BCUT2D eigenvalue weighted by Crippen LogP contribution is 2.28. The quantitative estimate of drug-likeness (QED) is 0.857. The van der Waals surface area contributed by atoms with E-state index in [0.29, 0.717) is 12.6 Å². The highest BCUT2D eigenvalue weighted by atomic mass is 16.5. The minimum atomic E-state index is 0.263. The Morgan fingerprint density at radius 2 is 2.37 bits per heavy atom. The van der Waals surface area contributed by atoms with Crippen LogP contribution in [0, 0.1) is 0 Å². The molecule has 4 nitrogen and oxygen atoms in total. The summed E-state index contributed by atoms with van der Waals surface area (Å²) >= 11 is 0. The van der Waals surface area contributed by atoms with Gasteiger partial charge in [0.05, 0.1) is 6.61 Å². The smallest absolute Gasteiger partial charge is 0.133 e. The molecule has 0 bridgehead atoms. The van der Waals surface area contributed by atoms with Gasteiger partial charge in [-0.2, -0.15) is 0 Å². The fourth-order valence-electron chi connectivity index (χ4n) is 2.65. The number of methoxy groups -OCH3 is 1. The van der Waals surface area contributed by atoms with Crippen LogP contribution >= 0.6 is 0 Å². The monoisotopic (exact) mass is 263 g/mol. The van der Waals surface area contributed by atoms with Crippen molar-refractivity contribution in [3.8, 4) is 0 Å². The van der Waals surface area contributed by atoms with E-state index in [1.165, 1.54) is 24.1 Å². The lowest BCUT2D eigenvalue weighted by molar-refractivity contribution is 0.181. The minimum Gasteiger partial charge on any atom is -0.384 e. The van der Waals surface area contributed by atoms with E-state index in [4.69, 9.17) is 9.72 Å². The number of rotatable bonds is 6. The van der Waals surface area contributed by atoms with Crippen molar-refractivity contribution in [1.29, 1.82) is 0 Å². The molecule has 0 fully saturated rings. The second-order valence-electron chi connectivity index (χ2n) is 5.39. The molecule has 1 aromatic heterocycles. The topological polar surface area (TPSA) is 47.0 Å². The molecule has 4 heteroatoms. The Balaban J connectivity index is 2.15. The van der Waals surface area contributed by atoms with E-state index in [2.05, 4.69) is 24.1 Å². The van der Waals surface area contributed by atoms with E-state index in [0.717, 1.165) is 25.2 Å². The summed E-state index contributed by atoms with van der Waals surface area (Å²) in [7, 11) is 1.72. The van der Waals surface area contributed by atoms with Gasteiger partial charge in [-0.1, -0.05) is 13.8 Å². The lowest BCUT2D eigenvalue weighted by atomic mass is 9.92. The third-order valence-electron chi connectivity index (χ3n) is 3.70. The van der Waals surface area contributed by atoms with Crippen LogP contribution in [0.4, 0.5) is 0 Å². The van der Waals surface area contributed by atoms with Gasteiger partial charge in [0.25, 0.3) is 0 Å². The second-order valence-corrected chi connectivity index (χ2v) is 5.39. The predicted molar refractivity (Wildman–Crippen MR) is 76.3 cm³/mol. The number of aromatic nitrogens is 2. The molecule has 0 amide bonds. The third kappa shape index (κ3) is 3.51. The molecule has 1 heterocycles. The molecule has 2 rings (SSSR count). The Kier molecular flexibility index (Phi) is 5.28. The maximum atomic E-state index is 5.18. The molecule has 0 aromatic carbocycles. The molecule has 106 valence electrons. The normalized spacial score (nSPS) is 20.1.